The molecule has 1 aromatic heterocycles. The number of hydrogen-bond donors (Lipinski definition) is 1. The van der Waals surface area contributed by atoms with Crippen LogP contribution in [0.4, 0.5) is 10.1 Å². The number of thioether (sulfide) groups is 1. The lowest BCUT2D eigenvalue weighted by Gasteiger charge is -2.17. The van der Waals surface area contributed by atoms with E-state index in [4.69, 9.17) is 4.52 Å². The van der Waals surface area contributed by atoms with Crippen LogP contribution in [0.2, 0.25) is 0 Å². The number of aromatic amines is 1. The highest BCUT2D eigenvalue weighted by atomic mass is 32.2. The van der Waals surface area contributed by atoms with Gasteiger partial charge in [-0.3, -0.25) is 19.0 Å². The molecule has 2 heterocycles. The fraction of sp³-hybridized carbons (Fsp3) is 0.0385. The molecule has 0 unspecified atom stereocenters. The molecule has 0 fully saturated rings. The van der Waals surface area contributed by atoms with E-state index in [0.29, 0.717) is 16.9 Å². The summed E-state index contributed by atoms with van der Waals surface area (Å²) >= 11 is 1.02. The highest BCUT2D eigenvalue weighted by molar-refractivity contribution is 8.14. The molecular formula is C26H18FN4O4S+. The quantitative estimate of drug-likeness (QED) is 0.247. The van der Waals surface area contributed by atoms with Crippen LogP contribution in [0, 0.1) is 5.82 Å². The van der Waals surface area contributed by atoms with Gasteiger partial charge in [-0.2, -0.15) is 0 Å². The fourth-order valence-corrected chi connectivity index (χ4v) is 4.46. The van der Waals surface area contributed by atoms with Crippen molar-refractivity contribution in [2.45, 2.75) is 0 Å². The number of rotatable bonds is 6. The Kier molecular flexibility index (Phi) is 6.42. The van der Waals surface area contributed by atoms with E-state index in [1.807, 2.05) is 12.1 Å². The first kappa shape index (κ1) is 23.2. The number of para-hydroxylation sites is 2. The maximum Gasteiger partial charge on any atom is 0.438 e. The summed E-state index contributed by atoms with van der Waals surface area (Å²) in [6, 6.07) is 23.3. The molecule has 10 heteroatoms. The number of benzene rings is 3. The van der Waals surface area contributed by atoms with E-state index >= 15 is 0 Å². The zero-order valence-electron chi connectivity index (χ0n) is 18.6. The summed E-state index contributed by atoms with van der Waals surface area (Å²) in [5.41, 5.74) is 0.899. The first-order valence-electron chi connectivity index (χ1n) is 10.8. The molecule has 178 valence electrons. The Morgan fingerprint density at radius 3 is 2.36 bits per heavy atom. The van der Waals surface area contributed by atoms with Crippen molar-refractivity contribution < 1.29 is 23.2 Å². The van der Waals surface area contributed by atoms with Crippen molar-refractivity contribution in [3.05, 3.63) is 118 Å². The highest BCUT2D eigenvalue weighted by Crippen LogP contribution is 2.29. The van der Waals surface area contributed by atoms with E-state index in [2.05, 4.69) is 10.3 Å². The van der Waals surface area contributed by atoms with Crippen molar-refractivity contribution in [1.29, 1.82) is 0 Å². The minimum absolute atomic E-state index is 0.140. The molecule has 0 radical (unpaired) electrons. The van der Waals surface area contributed by atoms with E-state index in [1.165, 1.54) is 21.7 Å². The van der Waals surface area contributed by atoms with E-state index in [9.17, 15) is 18.8 Å². The highest BCUT2D eigenvalue weighted by Gasteiger charge is 2.35. The van der Waals surface area contributed by atoms with Gasteiger partial charge in [0.25, 0.3) is 5.91 Å². The number of Topliss-reactive ketones (excluding diaryl/α,β-unsaturated/α-hetero) is 1. The fourth-order valence-electron chi connectivity index (χ4n) is 3.58. The van der Waals surface area contributed by atoms with E-state index in [1.54, 1.807) is 66.7 Å². The molecule has 4 aromatic rings. The molecule has 0 atom stereocenters. The number of carbonyl (C=O) groups is 2. The van der Waals surface area contributed by atoms with Crippen molar-refractivity contribution in [3.8, 4) is 5.69 Å². The monoisotopic (exact) mass is 501 g/mol. The molecule has 0 saturated carbocycles. The largest absolute Gasteiger partial charge is 0.438 e. The van der Waals surface area contributed by atoms with Gasteiger partial charge in [-0.25, -0.2) is 14.2 Å². The molecule has 5 rings (SSSR count). The topological polar surface area (TPSA) is 99.6 Å². The van der Waals surface area contributed by atoms with Crippen LogP contribution in [0.3, 0.4) is 0 Å². The molecular weight excluding hydrogens is 483 g/mol. The molecule has 0 aliphatic carbocycles. The van der Waals surface area contributed by atoms with Gasteiger partial charge in [0.2, 0.25) is 11.5 Å². The van der Waals surface area contributed by atoms with Crippen LogP contribution in [0.1, 0.15) is 16.1 Å². The lowest BCUT2D eigenvalue weighted by Crippen LogP contribution is -2.41. The molecule has 0 spiro atoms. The number of halogens is 1. The summed E-state index contributed by atoms with van der Waals surface area (Å²) in [5, 5.41) is 2.72. The van der Waals surface area contributed by atoms with Gasteiger partial charge in [-0.15, -0.1) is 0 Å². The van der Waals surface area contributed by atoms with Gasteiger partial charge in [-0.1, -0.05) is 60.3 Å². The van der Waals surface area contributed by atoms with Crippen LogP contribution in [0.25, 0.3) is 11.8 Å². The van der Waals surface area contributed by atoms with Crippen LogP contribution in [-0.4, -0.2) is 27.9 Å². The second-order valence-corrected chi connectivity index (χ2v) is 8.61. The Hall–Kier alpha value is -4.57. The van der Waals surface area contributed by atoms with Crippen LogP contribution < -0.4 is 15.2 Å². The number of carbonyl (C=O) groups excluding carboxylic acids is 2. The van der Waals surface area contributed by atoms with Gasteiger partial charge in [0, 0.05) is 12.1 Å². The Labute approximate surface area is 208 Å². The average molecular weight is 502 g/mol. The Balaban J connectivity index is 1.44. The third-order valence-electron chi connectivity index (χ3n) is 5.27. The van der Waals surface area contributed by atoms with Gasteiger partial charge in [-0.05, 0) is 45.9 Å². The molecule has 0 bridgehead atoms. The second-order valence-electron chi connectivity index (χ2n) is 7.66. The molecule has 3 aromatic carbocycles. The average Bonchev–Trinajstić information content (AvgIpc) is 3.44. The van der Waals surface area contributed by atoms with Crippen LogP contribution in [0.15, 0.2) is 105 Å². The van der Waals surface area contributed by atoms with E-state index < -0.39 is 11.4 Å². The Morgan fingerprint density at radius 1 is 1.00 bits per heavy atom. The summed E-state index contributed by atoms with van der Waals surface area (Å²) in [5.74, 6) is -1.45. The number of aliphatic imine (C=N–C) groups is 1. The zero-order chi connectivity index (χ0) is 25.1. The first-order chi connectivity index (χ1) is 17.5. The number of hydrogen-bond acceptors (Lipinski definition) is 6. The smallest absolute Gasteiger partial charge is 0.286 e. The van der Waals surface area contributed by atoms with Crippen LogP contribution >= 0.6 is 11.8 Å². The van der Waals surface area contributed by atoms with Crippen LogP contribution in [-0.2, 0) is 4.79 Å². The molecule has 1 aliphatic rings. The number of ketones is 1. The number of amidine groups is 1. The normalized spacial score (nSPS) is 14.4. The summed E-state index contributed by atoms with van der Waals surface area (Å²) in [7, 11) is 0. The molecule has 8 nitrogen and oxygen atoms in total. The number of anilines is 1. The van der Waals surface area contributed by atoms with E-state index in [-0.39, 0.29) is 34.0 Å². The minimum Gasteiger partial charge on any atom is -0.286 e. The van der Waals surface area contributed by atoms with Gasteiger partial charge in [0.05, 0.1) is 11.4 Å². The summed E-state index contributed by atoms with van der Waals surface area (Å²) in [4.78, 5) is 44.5. The van der Waals surface area contributed by atoms with Crippen molar-refractivity contribution >= 4 is 40.4 Å². The van der Waals surface area contributed by atoms with Gasteiger partial charge in [0.1, 0.15) is 11.5 Å². The standard InChI is InChI=1S/C26H17FN4O4S/c27-18-13-11-17(12-14-18)15-21-24(33)30(19-7-3-1-4-8-19)26(28-21)36-16-22(32)23-25(34)35-29-31(23)20-9-5-2-6-10-20/h1-15H,16H2/p+1/b21-15+. The third kappa shape index (κ3) is 4.66. The number of nitrogens with one attached hydrogen (secondary N) is 1. The van der Waals surface area contributed by atoms with Crippen molar-refractivity contribution in [1.82, 2.24) is 5.27 Å². The van der Waals surface area contributed by atoms with Crippen molar-refractivity contribution in [2.24, 2.45) is 4.99 Å². The van der Waals surface area contributed by atoms with Gasteiger partial charge >= 0.3 is 11.3 Å². The molecule has 1 N–H and O–H groups in total. The summed E-state index contributed by atoms with van der Waals surface area (Å²) in [6.07, 6.45) is 1.55. The SMILES string of the molecule is O=C(CSC1=N/C(=C/c2ccc(F)cc2)C(=O)N1c1ccccc1)c1c(=O)o[nH][n+]1-c1ccccc1. The predicted octanol–water partition coefficient (Wildman–Crippen LogP) is 3.74. The maximum atomic E-state index is 13.3. The summed E-state index contributed by atoms with van der Waals surface area (Å²) < 4.78 is 19.4. The first-order valence-corrected chi connectivity index (χ1v) is 11.8. The van der Waals surface area contributed by atoms with Crippen LogP contribution in [0.5, 0.6) is 0 Å². The Bertz CT molecular complexity index is 1540. The Morgan fingerprint density at radius 2 is 1.67 bits per heavy atom. The molecule has 0 saturated heterocycles. The van der Waals surface area contributed by atoms with Gasteiger partial charge in [0.15, 0.2) is 5.17 Å². The van der Waals surface area contributed by atoms with Crippen molar-refractivity contribution in [3.63, 3.8) is 0 Å². The predicted molar refractivity (Wildman–Crippen MR) is 133 cm³/mol. The second kappa shape index (κ2) is 9.96. The number of aromatic nitrogens is 2. The maximum absolute atomic E-state index is 13.3. The van der Waals surface area contributed by atoms with Crippen molar-refractivity contribution in [2.75, 3.05) is 10.7 Å². The molecule has 36 heavy (non-hydrogen) atoms. The third-order valence-corrected chi connectivity index (χ3v) is 6.21. The molecule has 1 aliphatic heterocycles. The zero-order valence-corrected chi connectivity index (χ0v) is 19.4. The number of nitrogens with zero attached hydrogens (tertiary/aromatic N) is 3. The van der Waals surface area contributed by atoms with Gasteiger partial charge < -0.3 is 0 Å². The lowest BCUT2D eigenvalue weighted by molar-refractivity contribution is -0.672. The number of amides is 1. The van der Waals surface area contributed by atoms with E-state index in [0.717, 1.165) is 11.8 Å². The lowest BCUT2D eigenvalue weighted by atomic mass is 10.2. The number of H-pyrrole nitrogens is 1. The minimum atomic E-state index is -0.800. The summed E-state index contributed by atoms with van der Waals surface area (Å²) in [6.45, 7) is 0. The molecule has 1 amide bonds.